The van der Waals surface area contributed by atoms with Crippen molar-refractivity contribution in [2.45, 2.75) is 26.4 Å². The number of aryl methyl sites for hydroxylation is 1. The van der Waals surface area contributed by atoms with Crippen molar-refractivity contribution in [1.29, 1.82) is 0 Å². The highest BCUT2D eigenvalue weighted by molar-refractivity contribution is 5.96. The van der Waals surface area contributed by atoms with Gasteiger partial charge in [0.2, 0.25) is 5.91 Å². The molecular weight excluding hydrogens is 242 g/mol. The van der Waals surface area contributed by atoms with Gasteiger partial charge in [-0.3, -0.25) is 15.0 Å². The zero-order valence-corrected chi connectivity index (χ0v) is 11.9. The number of urea groups is 1. The lowest BCUT2D eigenvalue weighted by molar-refractivity contribution is -0.124. The third-order valence-corrected chi connectivity index (χ3v) is 3.19. The number of hydrogen-bond donors (Lipinski definition) is 2. The Morgan fingerprint density at radius 3 is 2.53 bits per heavy atom. The molecule has 3 amide bonds. The van der Waals surface area contributed by atoms with Crippen molar-refractivity contribution in [3.8, 4) is 0 Å². The number of imide groups is 1. The summed E-state index contributed by atoms with van der Waals surface area (Å²) in [6.45, 7) is 4.48. The summed E-state index contributed by atoms with van der Waals surface area (Å²) in [7, 11) is 3.34. The van der Waals surface area contributed by atoms with Gasteiger partial charge in [0.25, 0.3) is 0 Å². The number of benzene rings is 1. The van der Waals surface area contributed by atoms with Gasteiger partial charge in [-0.25, -0.2) is 4.79 Å². The Kier molecular flexibility index (Phi) is 5.51. The van der Waals surface area contributed by atoms with Gasteiger partial charge in [0.15, 0.2) is 0 Å². The van der Waals surface area contributed by atoms with Crippen molar-refractivity contribution < 1.29 is 9.59 Å². The summed E-state index contributed by atoms with van der Waals surface area (Å²) >= 11 is 0. The molecule has 1 atom stereocenters. The molecule has 0 aliphatic rings. The van der Waals surface area contributed by atoms with Crippen LogP contribution >= 0.6 is 0 Å². The van der Waals surface area contributed by atoms with Gasteiger partial charge in [-0.2, -0.15) is 0 Å². The fourth-order valence-corrected chi connectivity index (χ4v) is 1.67. The van der Waals surface area contributed by atoms with Gasteiger partial charge in [0, 0.05) is 13.6 Å². The molecule has 0 spiro atoms. The lowest BCUT2D eigenvalue weighted by Gasteiger charge is -2.24. The van der Waals surface area contributed by atoms with E-state index < -0.39 is 6.03 Å². The molecule has 0 heterocycles. The number of amides is 3. The van der Waals surface area contributed by atoms with E-state index in [0.717, 1.165) is 0 Å². The molecule has 0 saturated carbocycles. The molecule has 5 nitrogen and oxygen atoms in total. The number of nitrogens with one attached hydrogen (secondary N) is 2. The molecule has 0 saturated heterocycles. The van der Waals surface area contributed by atoms with Crippen LogP contribution in [0.1, 0.15) is 18.1 Å². The van der Waals surface area contributed by atoms with Gasteiger partial charge in [-0.15, -0.1) is 0 Å². The van der Waals surface area contributed by atoms with Crippen LogP contribution in [0.4, 0.5) is 4.79 Å². The number of nitrogens with zero attached hydrogens (tertiary/aromatic N) is 1. The maximum atomic E-state index is 11.8. The number of hydrogen-bond acceptors (Lipinski definition) is 3. The summed E-state index contributed by atoms with van der Waals surface area (Å²) in [5.74, 6) is -0.310. The van der Waals surface area contributed by atoms with E-state index >= 15 is 0 Å². The van der Waals surface area contributed by atoms with Gasteiger partial charge in [0.05, 0.1) is 6.04 Å². The van der Waals surface area contributed by atoms with E-state index in [-0.39, 0.29) is 11.9 Å². The van der Waals surface area contributed by atoms with Gasteiger partial charge >= 0.3 is 6.03 Å². The smallest absolute Gasteiger partial charge is 0.321 e. The third kappa shape index (κ3) is 4.37. The van der Waals surface area contributed by atoms with Crippen LogP contribution in [-0.4, -0.2) is 37.0 Å². The van der Waals surface area contributed by atoms with Crippen molar-refractivity contribution in [2.75, 3.05) is 14.1 Å². The Morgan fingerprint density at radius 1 is 1.32 bits per heavy atom. The maximum absolute atomic E-state index is 11.8. The Hall–Kier alpha value is -1.88. The molecule has 0 aliphatic carbocycles. The number of carbonyl (C=O) groups is 2. The Balaban J connectivity index is 2.62. The third-order valence-electron chi connectivity index (χ3n) is 3.19. The summed E-state index contributed by atoms with van der Waals surface area (Å²) in [5, 5.41) is 4.64. The number of carbonyl (C=O) groups excluding carboxylic acids is 2. The van der Waals surface area contributed by atoms with E-state index in [1.807, 2.05) is 43.1 Å². The molecule has 1 aromatic rings. The molecule has 0 aliphatic heterocycles. The molecule has 1 aromatic carbocycles. The van der Waals surface area contributed by atoms with Crippen molar-refractivity contribution in [1.82, 2.24) is 15.5 Å². The molecule has 0 unspecified atom stereocenters. The minimum atomic E-state index is -0.485. The predicted molar refractivity (Wildman–Crippen MR) is 74.7 cm³/mol. The highest BCUT2D eigenvalue weighted by atomic mass is 16.2. The van der Waals surface area contributed by atoms with E-state index in [9.17, 15) is 9.59 Å². The minimum absolute atomic E-state index is 0.310. The average Bonchev–Trinajstić information content (AvgIpc) is 2.40. The van der Waals surface area contributed by atoms with E-state index in [2.05, 4.69) is 10.6 Å². The highest BCUT2D eigenvalue weighted by Crippen LogP contribution is 2.11. The van der Waals surface area contributed by atoms with Crippen LogP contribution in [0.3, 0.4) is 0 Å². The van der Waals surface area contributed by atoms with Crippen LogP contribution in [-0.2, 0) is 11.3 Å². The topological polar surface area (TPSA) is 61.4 Å². The first-order valence-electron chi connectivity index (χ1n) is 6.23. The van der Waals surface area contributed by atoms with E-state index in [0.29, 0.717) is 6.54 Å². The Morgan fingerprint density at radius 2 is 1.95 bits per heavy atom. The Bertz CT molecular complexity index is 460. The standard InChI is InChI=1S/C14H21N3O2/c1-10-7-5-6-8-12(10)9-17(4)11(2)13(18)16-14(19)15-3/h5-8,11H,9H2,1-4H3,(H2,15,16,18,19)/t11-/m0/s1. The first-order valence-corrected chi connectivity index (χ1v) is 6.23. The highest BCUT2D eigenvalue weighted by Gasteiger charge is 2.19. The largest absolute Gasteiger partial charge is 0.341 e. The van der Waals surface area contributed by atoms with Crippen molar-refractivity contribution in [3.63, 3.8) is 0 Å². The van der Waals surface area contributed by atoms with E-state index in [1.165, 1.54) is 18.2 Å². The van der Waals surface area contributed by atoms with Crippen LogP contribution in [0.5, 0.6) is 0 Å². The summed E-state index contributed by atoms with van der Waals surface area (Å²) < 4.78 is 0. The van der Waals surface area contributed by atoms with Gasteiger partial charge in [0.1, 0.15) is 0 Å². The predicted octanol–water partition coefficient (Wildman–Crippen LogP) is 1.27. The fourth-order valence-electron chi connectivity index (χ4n) is 1.67. The first-order chi connectivity index (χ1) is 8.95. The van der Waals surface area contributed by atoms with Gasteiger partial charge in [-0.1, -0.05) is 24.3 Å². The molecule has 2 N–H and O–H groups in total. The molecule has 0 aromatic heterocycles. The molecule has 0 radical (unpaired) electrons. The fraction of sp³-hybridized carbons (Fsp3) is 0.429. The maximum Gasteiger partial charge on any atom is 0.321 e. The van der Waals surface area contributed by atoms with Crippen LogP contribution in [0.25, 0.3) is 0 Å². The summed E-state index contributed by atoms with van der Waals surface area (Å²) in [4.78, 5) is 24.8. The second-order valence-electron chi connectivity index (χ2n) is 4.59. The number of rotatable bonds is 4. The zero-order chi connectivity index (χ0) is 14.4. The van der Waals surface area contributed by atoms with Crippen LogP contribution < -0.4 is 10.6 Å². The van der Waals surface area contributed by atoms with Crippen molar-refractivity contribution >= 4 is 11.9 Å². The molecular formula is C14H21N3O2. The second-order valence-corrected chi connectivity index (χ2v) is 4.59. The normalized spacial score (nSPS) is 12.1. The monoisotopic (exact) mass is 263 g/mol. The summed E-state index contributed by atoms with van der Waals surface area (Å²) in [6, 6.07) is 7.18. The molecule has 0 fully saturated rings. The van der Waals surface area contributed by atoms with Crippen LogP contribution in [0, 0.1) is 6.92 Å². The zero-order valence-electron chi connectivity index (χ0n) is 11.9. The lowest BCUT2D eigenvalue weighted by atomic mass is 10.1. The molecule has 104 valence electrons. The second kappa shape index (κ2) is 6.89. The molecule has 19 heavy (non-hydrogen) atoms. The number of likely N-dealkylation sites (N-methyl/N-ethyl adjacent to an activating group) is 1. The van der Waals surface area contributed by atoms with Crippen LogP contribution in [0.15, 0.2) is 24.3 Å². The summed E-state index contributed by atoms with van der Waals surface area (Å²) in [5.41, 5.74) is 2.36. The first kappa shape index (κ1) is 15.2. The van der Waals surface area contributed by atoms with Gasteiger partial charge in [-0.05, 0) is 32.0 Å². The Labute approximate surface area is 114 Å². The average molecular weight is 263 g/mol. The summed E-state index contributed by atoms with van der Waals surface area (Å²) in [6.07, 6.45) is 0. The van der Waals surface area contributed by atoms with Crippen LogP contribution in [0.2, 0.25) is 0 Å². The van der Waals surface area contributed by atoms with Crippen molar-refractivity contribution in [2.24, 2.45) is 0 Å². The van der Waals surface area contributed by atoms with E-state index in [4.69, 9.17) is 0 Å². The van der Waals surface area contributed by atoms with Gasteiger partial charge < -0.3 is 5.32 Å². The lowest BCUT2D eigenvalue weighted by Crippen LogP contribution is -2.47. The minimum Gasteiger partial charge on any atom is -0.341 e. The molecule has 1 rings (SSSR count). The quantitative estimate of drug-likeness (QED) is 0.860. The SMILES string of the molecule is CNC(=O)NC(=O)[C@H](C)N(C)Cc1ccccc1C. The van der Waals surface area contributed by atoms with E-state index in [1.54, 1.807) is 6.92 Å². The van der Waals surface area contributed by atoms with Crippen molar-refractivity contribution in [3.05, 3.63) is 35.4 Å². The molecule has 5 heteroatoms. The molecule has 0 bridgehead atoms.